The molecule has 0 unspecified atom stereocenters. The minimum atomic E-state index is -0.147. The molecule has 0 bridgehead atoms. The highest BCUT2D eigenvalue weighted by atomic mass is 32.2. The van der Waals surface area contributed by atoms with E-state index in [1.807, 2.05) is 6.07 Å². The number of aromatic nitrogens is 2. The quantitative estimate of drug-likeness (QED) is 0.272. The lowest BCUT2D eigenvalue weighted by Crippen LogP contribution is -2.30. The number of hydrogen-bond acceptors (Lipinski definition) is 5. The highest BCUT2D eigenvalue weighted by Crippen LogP contribution is 2.23. The van der Waals surface area contributed by atoms with Crippen LogP contribution in [0, 0.1) is 0 Å². The highest BCUT2D eigenvalue weighted by Gasteiger charge is 2.34. The van der Waals surface area contributed by atoms with Gasteiger partial charge in [0.15, 0.2) is 5.16 Å². The van der Waals surface area contributed by atoms with Crippen LogP contribution in [-0.4, -0.2) is 39.0 Å². The molecule has 5 nitrogen and oxygen atoms in total. The third kappa shape index (κ3) is 4.69. The molecule has 1 aliphatic heterocycles. The second-order valence-corrected chi connectivity index (χ2v) is 7.37. The molecule has 0 N–H and O–H groups in total. The smallest absolute Gasteiger partial charge is 0.261 e. The van der Waals surface area contributed by atoms with Crippen LogP contribution in [0.4, 0.5) is 0 Å². The first-order valence-corrected chi connectivity index (χ1v) is 10.1. The number of hydrogen-bond donors (Lipinski definition) is 0. The molecule has 0 radical (unpaired) electrons. The van der Waals surface area contributed by atoms with E-state index < -0.39 is 0 Å². The van der Waals surface area contributed by atoms with Gasteiger partial charge in [-0.1, -0.05) is 49.6 Å². The van der Waals surface area contributed by atoms with Gasteiger partial charge in [0.2, 0.25) is 0 Å². The van der Waals surface area contributed by atoms with E-state index in [4.69, 9.17) is 0 Å². The Hall–Kier alpha value is -2.21. The number of thioether (sulfide) groups is 1. The molecule has 2 amide bonds. The molecule has 1 aromatic carbocycles. The normalized spacial score (nSPS) is 13.3. The molecule has 3 rings (SSSR count). The Morgan fingerprint density at radius 1 is 0.769 bits per heavy atom. The molecule has 0 aliphatic carbocycles. The number of rotatable bonds is 10. The predicted octanol–water partition coefficient (Wildman–Crippen LogP) is 4.21. The SMILES string of the molecule is O=C1c2ccccc2C(=O)N1CCCCCCCCSc1ncccn1. The second-order valence-electron chi connectivity index (χ2n) is 6.31. The minimum absolute atomic E-state index is 0.147. The summed E-state index contributed by atoms with van der Waals surface area (Å²) in [5.74, 6) is 0.746. The Labute approximate surface area is 158 Å². The van der Waals surface area contributed by atoms with E-state index in [9.17, 15) is 9.59 Å². The molecule has 0 saturated carbocycles. The summed E-state index contributed by atoms with van der Waals surface area (Å²) in [6.07, 6.45) is 10.1. The van der Waals surface area contributed by atoms with Crippen molar-refractivity contribution in [2.75, 3.05) is 12.3 Å². The Bertz CT molecular complexity index is 717. The molecular formula is C20H23N3O2S. The number of fused-ring (bicyclic) bond motifs is 1. The van der Waals surface area contributed by atoms with Crippen molar-refractivity contribution in [2.24, 2.45) is 0 Å². The van der Waals surface area contributed by atoms with Crippen molar-refractivity contribution in [2.45, 2.75) is 43.7 Å². The van der Waals surface area contributed by atoms with Crippen LogP contribution >= 0.6 is 11.8 Å². The first-order valence-electron chi connectivity index (χ1n) is 9.12. The van der Waals surface area contributed by atoms with Crippen molar-refractivity contribution >= 4 is 23.6 Å². The largest absolute Gasteiger partial charge is 0.274 e. The molecule has 2 heterocycles. The van der Waals surface area contributed by atoms with Gasteiger partial charge in [0, 0.05) is 24.7 Å². The summed E-state index contributed by atoms with van der Waals surface area (Å²) in [6.45, 7) is 0.521. The van der Waals surface area contributed by atoms with Crippen LogP contribution < -0.4 is 0 Å². The van der Waals surface area contributed by atoms with Crippen LogP contribution in [0.15, 0.2) is 47.9 Å². The molecule has 0 spiro atoms. The number of nitrogens with zero attached hydrogens (tertiary/aromatic N) is 3. The fourth-order valence-electron chi connectivity index (χ4n) is 3.04. The van der Waals surface area contributed by atoms with Crippen molar-refractivity contribution in [3.63, 3.8) is 0 Å². The van der Waals surface area contributed by atoms with Gasteiger partial charge in [0.1, 0.15) is 0 Å². The van der Waals surface area contributed by atoms with E-state index in [2.05, 4.69) is 9.97 Å². The Morgan fingerprint density at radius 3 is 2.00 bits per heavy atom. The molecule has 2 aromatic rings. The van der Waals surface area contributed by atoms with Crippen molar-refractivity contribution in [3.05, 3.63) is 53.9 Å². The van der Waals surface area contributed by atoms with Gasteiger partial charge < -0.3 is 0 Å². The Kier molecular flexibility index (Phi) is 6.77. The van der Waals surface area contributed by atoms with Gasteiger partial charge in [-0.2, -0.15) is 0 Å². The van der Waals surface area contributed by atoms with Crippen molar-refractivity contribution in [1.29, 1.82) is 0 Å². The van der Waals surface area contributed by atoms with Crippen LogP contribution in [0.3, 0.4) is 0 Å². The second kappa shape index (κ2) is 9.48. The molecule has 26 heavy (non-hydrogen) atoms. The van der Waals surface area contributed by atoms with Crippen LogP contribution in [0.2, 0.25) is 0 Å². The van der Waals surface area contributed by atoms with E-state index in [0.717, 1.165) is 36.6 Å². The first kappa shape index (κ1) is 18.6. The topological polar surface area (TPSA) is 63.2 Å². The van der Waals surface area contributed by atoms with Gasteiger partial charge in [-0.05, 0) is 31.0 Å². The van der Waals surface area contributed by atoms with Crippen molar-refractivity contribution in [3.8, 4) is 0 Å². The Morgan fingerprint density at radius 2 is 1.35 bits per heavy atom. The maximum atomic E-state index is 12.3. The van der Waals surface area contributed by atoms with Crippen molar-refractivity contribution < 1.29 is 9.59 Å². The molecule has 0 fully saturated rings. The van der Waals surface area contributed by atoms with Gasteiger partial charge in [0.05, 0.1) is 11.1 Å². The summed E-state index contributed by atoms with van der Waals surface area (Å²) in [5, 5.41) is 0.841. The monoisotopic (exact) mass is 369 g/mol. The lowest BCUT2D eigenvalue weighted by atomic mass is 10.1. The van der Waals surface area contributed by atoms with E-state index in [0.29, 0.717) is 17.7 Å². The number of imide groups is 1. The summed E-state index contributed by atoms with van der Waals surface area (Å²) < 4.78 is 0. The van der Waals surface area contributed by atoms with Crippen LogP contribution in [-0.2, 0) is 0 Å². The fourth-order valence-corrected chi connectivity index (χ4v) is 3.85. The third-order valence-corrected chi connectivity index (χ3v) is 5.39. The number of carbonyl (C=O) groups excluding carboxylic acids is 2. The highest BCUT2D eigenvalue weighted by molar-refractivity contribution is 7.99. The summed E-state index contributed by atoms with van der Waals surface area (Å²) in [4.78, 5) is 34.3. The number of unbranched alkanes of at least 4 members (excludes halogenated alkanes) is 5. The molecule has 136 valence electrons. The molecule has 0 atom stereocenters. The average Bonchev–Trinajstić information content (AvgIpc) is 2.92. The molecular weight excluding hydrogens is 346 g/mol. The standard InChI is InChI=1S/C20H23N3O2S/c24-18-16-10-5-6-11-17(16)19(25)23(18)14-7-3-1-2-4-8-15-26-20-21-12-9-13-22-20/h5-6,9-13H,1-4,7-8,14-15H2. The van der Waals surface area contributed by atoms with Gasteiger partial charge in [-0.3, -0.25) is 14.5 Å². The van der Waals surface area contributed by atoms with Gasteiger partial charge in [0.25, 0.3) is 11.8 Å². The maximum absolute atomic E-state index is 12.3. The van der Waals surface area contributed by atoms with E-state index in [1.165, 1.54) is 17.7 Å². The van der Waals surface area contributed by atoms with Crippen LogP contribution in [0.5, 0.6) is 0 Å². The first-order chi connectivity index (χ1) is 12.8. The van der Waals surface area contributed by atoms with Gasteiger partial charge in [-0.25, -0.2) is 9.97 Å². The predicted molar refractivity (Wildman–Crippen MR) is 102 cm³/mol. The third-order valence-electron chi connectivity index (χ3n) is 4.43. The average molecular weight is 369 g/mol. The minimum Gasteiger partial charge on any atom is -0.274 e. The zero-order valence-corrected chi connectivity index (χ0v) is 15.6. The van der Waals surface area contributed by atoms with Crippen LogP contribution in [0.25, 0.3) is 0 Å². The fraction of sp³-hybridized carbons (Fsp3) is 0.400. The molecule has 0 saturated heterocycles. The Balaban J connectivity index is 1.25. The summed E-state index contributed by atoms with van der Waals surface area (Å²) in [5.41, 5.74) is 1.08. The summed E-state index contributed by atoms with van der Waals surface area (Å²) in [7, 11) is 0. The molecule has 1 aliphatic rings. The summed E-state index contributed by atoms with van der Waals surface area (Å²) >= 11 is 1.70. The van der Waals surface area contributed by atoms with E-state index >= 15 is 0 Å². The van der Waals surface area contributed by atoms with Crippen molar-refractivity contribution in [1.82, 2.24) is 14.9 Å². The molecule has 6 heteroatoms. The summed E-state index contributed by atoms with van der Waals surface area (Å²) in [6, 6.07) is 8.89. The maximum Gasteiger partial charge on any atom is 0.261 e. The lowest BCUT2D eigenvalue weighted by Gasteiger charge is -2.13. The number of benzene rings is 1. The van der Waals surface area contributed by atoms with Gasteiger partial charge >= 0.3 is 0 Å². The zero-order chi connectivity index (χ0) is 18.2. The molecule has 1 aromatic heterocycles. The van der Waals surface area contributed by atoms with Gasteiger partial charge in [-0.15, -0.1) is 0 Å². The van der Waals surface area contributed by atoms with E-state index in [-0.39, 0.29) is 11.8 Å². The number of amides is 2. The lowest BCUT2D eigenvalue weighted by molar-refractivity contribution is 0.0651. The zero-order valence-electron chi connectivity index (χ0n) is 14.8. The number of carbonyl (C=O) groups is 2. The van der Waals surface area contributed by atoms with E-state index in [1.54, 1.807) is 48.4 Å². The van der Waals surface area contributed by atoms with Crippen LogP contribution in [0.1, 0.15) is 59.2 Å².